The Morgan fingerprint density at radius 3 is 3.13 bits per heavy atom. The summed E-state index contributed by atoms with van der Waals surface area (Å²) in [6.07, 6.45) is 3.34. The Morgan fingerprint density at radius 2 is 2.30 bits per heavy atom. The third kappa shape index (κ3) is 3.83. The van der Waals surface area contributed by atoms with E-state index in [1.54, 1.807) is 0 Å². The number of benzene rings is 1. The number of carbonyl (C=O) groups excluding carboxylic acids is 1. The van der Waals surface area contributed by atoms with E-state index >= 15 is 0 Å². The smallest absolute Gasteiger partial charge is 0.309 e. The average Bonchev–Trinajstić information content (AvgIpc) is 2.52. The number of anilines is 1. The second-order valence-electron chi connectivity index (χ2n) is 6.10. The highest BCUT2D eigenvalue weighted by Crippen LogP contribution is 2.19. The molecule has 23 heavy (non-hydrogen) atoms. The first-order valence-electron chi connectivity index (χ1n) is 7.85. The fourth-order valence-electron chi connectivity index (χ4n) is 2.88. The molecule has 0 radical (unpaired) electrons. The van der Waals surface area contributed by atoms with E-state index in [9.17, 15) is 4.79 Å². The number of hydrogen-bond acceptors (Lipinski definition) is 4. The van der Waals surface area contributed by atoms with Gasteiger partial charge in [-0.1, -0.05) is 6.07 Å². The quantitative estimate of drug-likeness (QED) is 0.571. The number of alkyl halides is 1. The number of carbonyl (C=O) groups is 1. The minimum atomic E-state index is -0.286. The summed E-state index contributed by atoms with van der Waals surface area (Å²) < 4.78 is 0. The molecule has 0 spiro atoms. The van der Waals surface area contributed by atoms with Gasteiger partial charge in [-0.05, 0) is 50.1 Å². The molecule has 0 bridgehead atoms. The van der Waals surface area contributed by atoms with Gasteiger partial charge < -0.3 is 10.6 Å². The standard InChI is InChI=1S/C16H22ClN5O/c1-10-7-14(17)22(2)15(19-10)21-16(23)20-13-4-3-12-9-18-6-5-11(12)8-13/h3-4,8-10,14-15,19H,5-7H2,1-2H3,(H2,20,21,23). The van der Waals surface area contributed by atoms with E-state index in [1.807, 2.05) is 36.4 Å². The van der Waals surface area contributed by atoms with Crippen LogP contribution < -0.4 is 16.0 Å². The molecule has 3 unspecified atom stereocenters. The van der Waals surface area contributed by atoms with Crippen molar-refractivity contribution in [2.75, 3.05) is 18.9 Å². The van der Waals surface area contributed by atoms with E-state index in [4.69, 9.17) is 11.6 Å². The summed E-state index contributed by atoms with van der Waals surface area (Å²) in [5.41, 5.74) is 3.01. The summed E-state index contributed by atoms with van der Waals surface area (Å²) >= 11 is 6.28. The maximum atomic E-state index is 12.2. The molecule has 1 aromatic carbocycles. The number of aliphatic imine (C=N–C) groups is 1. The molecule has 2 amide bonds. The number of urea groups is 1. The fraction of sp³-hybridized carbons (Fsp3) is 0.500. The van der Waals surface area contributed by atoms with Crippen molar-refractivity contribution < 1.29 is 4.79 Å². The van der Waals surface area contributed by atoms with Crippen LogP contribution in [-0.2, 0) is 6.42 Å². The van der Waals surface area contributed by atoms with Crippen LogP contribution in [0.2, 0.25) is 0 Å². The van der Waals surface area contributed by atoms with Crippen molar-refractivity contribution in [3.05, 3.63) is 29.3 Å². The average molecular weight is 336 g/mol. The van der Waals surface area contributed by atoms with Crippen molar-refractivity contribution in [1.82, 2.24) is 15.5 Å². The first-order valence-corrected chi connectivity index (χ1v) is 8.29. The van der Waals surface area contributed by atoms with Crippen molar-refractivity contribution >= 4 is 29.5 Å². The molecular weight excluding hydrogens is 314 g/mol. The molecule has 0 aliphatic carbocycles. The Labute approximate surface area is 141 Å². The Morgan fingerprint density at radius 1 is 1.48 bits per heavy atom. The predicted octanol–water partition coefficient (Wildman–Crippen LogP) is 1.95. The number of fused-ring (bicyclic) bond motifs is 1. The molecule has 3 rings (SSSR count). The molecule has 1 fully saturated rings. The van der Waals surface area contributed by atoms with E-state index < -0.39 is 0 Å². The van der Waals surface area contributed by atoms with Crippen molar-refractivity contribution in [3.8, 4) is 0 Å². The van der Waals surface area contributed by atoms with Crippen molar-refractivity contribution in [1.29, 1.82) is 0 Å². The number of nitrogens with one attached hydrogen (secondary N) is 3. The molecule has 0 aromatic heterocycles. The summed E-state index contributed by atoms with van der Waals surface area (Å²) in [7, 11) is 1.89. The third-order valence-electron chi connectivity index (χ3n) is 4.25. The third-order valence-corrected chi connectivity index (χ3v) is 4.73. The van der Waals surface area contributed by atoms with E-state index in [-0.39, 0.29) is 23.9 Å². The molecule has 0 saturated carbocycles. The first-order chi connectivity index (χ1) is 11.0. The summed E-state index contributed by atoms with van der Waals surface area (Å²) in [6.45, 7) is 2.86. The summed E-state index contributed by atoms with van der Waals surface area (Å²) in [5, 5.41) is 9.11. The van der Waals surface area contributed by atoms with Crippen LogP contribution in [0.5, 0.6) is 0 Å². The molecule has 2 aliphatic heterocycles. The number of rotatable bonds is 2. The lowest BCUT2D eigenvalue weighted by Gasteiger charge is -2.40. The monoisotopic (exact) mass is 335 g/mol. The normalized spacial score (nSPS) is 27.3. The molecule has 2 aliphatic rings. The van der Waals surface area contributed by atoms with E-state index in [2.05, 4.69) is 27.9 Å². The van der Waals surface area contributed by atoms with E-state index in [0.29, 0.717) is 0 Å². The number of hydrogen-bond donors (Lipinski definition) is 3. The fourth-order valence-corrected chi connectivity index (χ4v) is 3.26. The largest absolute Gasteiger partial charge is 0.321 e. The van der Waals surface area contributed by atoms with Crippen LogP contribution in [0.4, 0.5) is 10.5 Å². The summed E-state index contributed by atoms with van der Waals surface area (Å²) in [6, 6.07) is 5.88. The Balaban J connectivity index is 1.62. The minimum absolute atomic E-state index is 0.0976. The molecular formula is C16H22ClN5O. The van der Waals surface area contributed by atoms with Crippen LogP contribution in [0.15, 0.2) is 23.2 Å². The van der Waals surface area contributed by atoms with E-state index in [1.165, 1.54) is 5.56 Å². The van der Waals surface area contributed by atoms with Crippen LogP contribution in [0.3, 0.4) is 0 Å². The molecule has 3 N–H and O–H groups in total. The van der Waals surface area contributed by atoms with Crippen LogP contribution in [0.1, 0.15) is 24.5 Å². The highest BCUT2D eigenvalue weighted by atomic mass is 35.5. The van der Waals surface area contributed by atoms with Gasteiger partial charge in [0.05, 0.1) is 5.50 Å². The lowest BCUT2D eigenvalue weighted by molar-refractivity contribution is 0.0988. The van der Waals surface area contributed by atoms with Crippen molar-refractivity contribution in [3.63, 3.8) is 0 Å². The lowest BCUT2D eigenvalue weighted by atomic mass is 10.0. The zero-order valence-electron chi connectivity index (χ0n) is 13.3. The highest BCUT2D eigenvalue weighted by molar-refractivity contribution is 6.20. The van der Waals surface area contributed by atoms with Crippen molar-refractivity contribution in [2.45, 2.75) is 37.6 Å². The Kier molecular flexibility index (Phi) is 4.84. The molecule has 1 aromatic rings. The van der Waals surface area contributed by atoms with Gasteiger partial charge in [0, 0.05) is 24.5 Å². The SMILES string of the molecule is CC1CC(Cl)N(C)C(NC(=O)Nc2ccc3c(c2)CCN=C3)N1. The van der Waals surface area contributed by atoms with Gasteiger partial charge in [-0.25, -0.2) is 4.79 Å². The van der Waals surface area contributed by atoms with Gasteiger partial charge in [0.2, 0.25) is 0 Å². The zero-order chi connectivity index (χ0) is 16.4. The molecule has 6 nitrogen and oxygen atoms in total. The van der Waals surface area contributed by atoms with Crippen molar-refractivity contribution in [2.24, 2.45) is 4.99 Å². The van der Waals surface area contributed by atoms with Gasteiger partial charge in [0.15, 0.2) is 0 Å². The maximum absolute atomic E-state index is 12.2. The summed E-state index contributed by atoms with van der Waals surface area (Å²) in [4.78, 5) is 18.4. The number of amides is 2. The van der Waals surface area contributed by atoms with Gasteiger partial charge in [0.1, 0.15) is 6.29 Å². The van der Waals surface area contributed by atoms with Crippen LogP contribution >= 0.6 is 11.6 Å². The van der Waals surface area contributed by atoms with Gasteiger partial charge in [0.25, 0.3) is 0 Å². The molecule has 2 heterocycles. The maximum Gasteiger partial charge on any atom is 0.321 e. The topological polar surface area (TPSA) is 68.8 Å². The molecule has 7 heteroatoms. The van der Waals surface area contributed by atoms with Gasteiger partial charge in [-0.15, -0.1) is 11.6 Å². The second kappa shape index (κ2) is 6.86. The number of nitrogens with zero attached hydrogens (tertiary/aromatic N) is 2. The van der Waals surface area contributed by atoms with Gasteiger partial charge in [-0.2, -0.15) is 0 Å². The van der Waals surface area contributed by atoms with Crippen LogP contribution in [0, 0.1) is 0 Å². The lowest BCUT2D eigenvalue weighted by Crippen LogP contribution is -2.64. The van der Waals surface area contributed by atoms with Gasteiger partial charge in [-0.3, -0.25) is 15.2 Å². The molecule has 124 valence electrons. The first kappa shape index (κ1) is 16.2. The second-order valence-corrected chi connectivity index (χ2v) is 6.61. The molecule has 3 atom stereocenters. The van der Waals surface area contributed by atoms with Crippen LogP contribution in [0.25, 0.3) is 0 Å². The zero-order valence-corrected chi connectivity index (χ0v) is 14.1. The molecule has 1 saturated heterocycles. The van der Waals surface area contributed by atoms with Crippen LogP contribution in [-0.4, -0.2) is 48.6 Å². The summed E-state index contributed by atoms with van der Waals surface area (Å²) in [5.74, 6) is 0. The van der Waals surface area contributed by atoms with Gasteiger partial charge >= 0.3 is 6.03 Å². The highest BCUT2D eigenvalue weighted by Gasteiger charge is 2.30. The predicted molar refractivity (Wildman–Crippen MR) is 93.2 cm³/mol. The Bertz CT molecular complexity index is 620. The van der Waals surface area contributed by atoms with E-state index in [0.717, 1.165) is 30.6 Å². The number of halogens is 1. The Hall–Kier alpha value is -1.63. The minimum Gasteiger partial charge on any atom is -0.309 e.